The molecule has 0 radical (unpaired) electrons. The van der Waals surface area contributed by atoms with Crippen LogP contribution in [-0.2, 0) is 12.6 Å². The standard InChI is InChI=1S/C6H6ClNS/c1-4-6(9)2-5(7)3-8-4/h2-3,9H,1H3/p+1. The zero-order valence-corrected chi connectivity index (χ0v) is 6.74. The molecular formula is C6H7ClNS+. The highest BCUT2D eigenvalue weighted by Crippen LogP contribution is 2.10. The van der Waals surface area contributed by atoms with E-state index in [1.54, 1.807) is 6.20 Å². The van der Waals surface area contributed by atoms with Gasteiger partial charge in [0.1, 0.15) is 0 Å². The van der Waals surface area contributed by atoms with Crippen LogP contribution < -0.4 is 0 Å². The van der Waals surface area contributed by atoms with Crippen LogP contribution in [0.5, 0.6) is 0 Å². The highest BCUT2D eigenvalue weighted by molar-refractivity contribution is 7.58. The van der Waals surface area contributed by atoms with Gasteiger partial charge in [-0.25, -0.2) is 0 Å². The summed E-state index contributed by atoms with van der Waals surface area (Å²) in [5, 5.41) is 0.658. The van der Waals surface area contributed by atoms with Crippen molar-refractivity contribution in [1.82, 2.24) is 4.98 Å². The zero-order valence-electron chi connectivity index (χ0n) is 4.98. The highest BCUT2D eigenvalue weighted by Gasteiger charge is 1.98. The molecule has 0 aromatic carbocycles. The van der Waals surface area contributed by atoms with Gasteiger partial charge in [0.2, 0.25) is 0 Å². The van der Waals surface area contributed by atoms with Gasteiger partial charge in [0.05, 0.1) is 10.7 Å². The lowest BCUT2D eigenvalue weighted by Gasteiger charge is -1.90. The van der Waals surface area contributed by atoms with Crippen LogP contribution in [0.3, 0.4) is 0 Å². The van der Waals surface area contributed by atoms with Crippen LogP contribution in [0.1, 0.15) is 5.69 Å². The average Bonchev–Trinajstić information content (AvgIpc) is 1.80. The Bertz CT molecular complexity index is 224. The molecule has 1 aromatic heterocycles. The minimum Gasteiger partial charge on any atom is -0.255 e. The molecule has 0 saturated heterocycles. The van der Waals surface area contributed by atoms with E-state index in [1.807, 2.05) is 13.0 Å². The molecule has 0 unspecified atom stereocenters. The van der Waals surface area contributed by atoms with E-state index in [9.17, 15) is 0 Å². The van der Waals surface area contributed by atoms with Crippen molar-refractivity contribution in [2.75, 3.05) is 0 Å². The molecule has 0 aliphatic rings. The first kappa shape index (κ1) is 6.90. The van der Waals surface area contributed by atoms with Gasteiger partial charge >= 0.3 is 0 Å². The average molecular weight is 161 g/mol. The number of aromatic nitrogens is 1. The summed E-state index contributed by atoms with van der Waals surface area (Å²) in [7, 11) is 0. The zero-order chi connectivity index (χ0) is 6.85. The Labute approximate surface area is 64.5 Å². The quantitative estimate of drug-likeness (QED) is 0.523. The molecule has 0 saturated carbocycles. The number of nitrogens with zero attached hydrogens (tertiary/aromatic N) is 1. The second kappa shape index (κ2) is 2.58. The van der Waals surface area contributed by atoms with Gasteiger partial charge < -0.3 is 0 Å². The van der Waals surface area contributed by atoms with Crippen LogP contribution in [0.15, 0.2) is 17.2 Å². The van der Waals surface area contributed by atoms with Crippen LogP contribution in [0.25, 0.3) is 0 Å². The van der Waals surface area contributed by atoms with E-state index in [0.717, 1.165) is 10.6 Å². The second-order valence-corrected chi connectivity index (χ2v) is 2.76. The van der Waals surface area contributed by atoms with E-state index in [1.165, 1.54) is 0 Å². The SMILES string of the molecule is Cc1ncc(Cl)cc1[SH2+]. The lowest BCUT2D eigenvalue weighted by Crippen LogP contribution is -1.83. The molecule has 3 heteroatoms. The monoisotopic (exact) mass is 160 g/mol. The van der Waals surface area contributed by atoms with Crippen molar-refractivity contribution < 1.29 is 0 Å². The second-order valence-electron chi connectivity index (χ2n) is 1.79. The normalized spacial score (nSPS) is 9.67. The number of rotatable bonds is 0. The number of hydrogen-bond acceptors (Lipinski definition) is 1. The topological polar surface area (TPSA) is 12.9 Å². The Hall–Kier alpha value is -0.210. The van der Waals surface area contributed by atoms with Gasteiger partial charge in [-0.3, -0.25) is 4.98 Å². The molecule has 9 heavy (non-hydrogen) atoms. The number of hydrogen-bond donors (Lipinski definition) is 0. The maximum Gasteiger partial charge on any atom is 0.173 e. The van der Waals surface area contributed by atoms with Crippen LogP contribution in [-0.4, -0.2) is 4.98 Å². The minimum absolute atomic E-state index is 0.658. The van der Waals surface area contributed by atoms with Crippen LogP contribution in [0.2, 0.25) is 5.02 Å². The number of aryl methyl sites for hydroxylation is 1. The molecule has 1 rings (SSSR count). The molecule has 0 amide bonds. The summed E-state index contributed by atoms with van der Waals surface area (Å²) in [6.07, 6.45) is 1.63. The predicted molar refractivity (Wildman–Crippen MR) is 42.4 cm³/mol. The van der Waals surface area contributed by atoms with Crippen molar-refractivity contribution >= 4 is 24.2 Å². The maximum absolute atomic E-state index is 5.62. The molecule has 0 spiro atoms. The van der Waals surface area contributed by atoms with Crippen molar-refractivity contribution in [1.29, 1.82) is 0 Å². The van der Waals surface area contributed by atoms with Crippen LogP contribution in [0.4, 0.5) is 0 Å². The van der Waals surface area contributed by atoms with Crippen molar-refractivity contribution in [2.24, 2.45) is 0 Å². The minimum atomic E-state index is 0.658. The third-order valence-electron chi connectivity index (χ3n) is 1.05. The van der Waals surface area contributed by atoms with E-state index in [4.69, 9.17) is 11.6 Å². The molecule has 0 fully saturated rings. The third kappa shape index (κ3) is 1.60. The maximum atomic E-state index is 5.62. The summed E-state index contributed by atoms with van der Waals surface area (Å²) in [6.45, 7) is 1.92. The number of pyridine rings is 1. The Morgan fingerprint density at radius 2 is 2.33 bits per heavy atom. The Morgan fingerprint density at radius 3 is 2.78 bits per heavy atom. The first-order valence-corrected chi connectivity index (χ1v) is 3.41. The third-order valence-corrected chi connectivity index (χ3v) is 1.77. The van der Waals surface area contributed by atoms with Crippen molar-refractivity contribution in [2.45, 2.75) is 11.8 Å². The van der Waals surface area contributed by atoms with Gasteiger partial charge in [0.15, 0.2) is 4.90 Å². The Morgan fingerprint density at radius 1 is 1.67 bits per heavy atom. The van der Waals surface area contributed by atoms with E-state index in [0.29, 0.717) is 5.02 Å². The highest BCUT2D eigenvalue weighted by atomic mass is 35.5. The lowest BCUT2D eigenvalue weighted by molar-refractivity contribution is 1.12. The van der Waals surface area contributed by atoms with Gasteiger partial charge in [-0.2, -0.15) is 0 Å². The largest absolute Gasteiger partial charge is 0.255 e. The molecule has 1 nitrogen and oxygen atoms in total. The van der Waals surface area contributed by atoms with Crippen molar-refractivity contribution in [3.63, 3.8) is 0 Å². The molecule has 0 N–H and O–H groups in total. The molecule has 1 aromatic rings. The molecule has 0 aliphatic carbocycles. The fraction of sp³-hybridized carbons (Fsp3) is 0.167. The Balaban J connectivity index is 3.17. The predicted octanol–water partition coefficient (Wildman–Crippen LogP) is 1.41. The lowest BCUT2D eigenvalue weighted by atomic mass is 10.4. The summed E-state index contributed by atoms with van der Waals surface area (Å²) in [5.74, 6) is 0. The van der Waals surface area contributed by atoms with Gasteiger partial charge in [0, 0.05) is 12.3 Å². The molecule has 0 aliphatic heterocycles. The molecule has 0 bridgehead atoms. The van der Waals surface area contributed by atoms with Gasteiger partial charge in [-0.1, -0.05) is 11.6 Å². The van der Waals surface area contributed by atoms with E-state index >= 15 is 0 Å². The molecule has 1 heterocycles. The van der Waals surface area contributed by atoms with Crippen molar-refractivity contribution in [3.8, 4) is 0 Å². The van der Waals surface area contributed by atoms with E-state index in [2.05, 4.69) is 17.6 Å². The van der Waals surface area contributed by atoms with Gasteiger partial charge in [-0.15, -0.1) is 0 Å². The van der Waals surface area contributed by atoms with Crippen LogP contribution in [0, 0.1) is 6.92 Å². The Kier molecular flexibility index (Phi) is 1.98. The van der Waals surface area contributed by atoms with Crippen LogP contribution >= 0.6 is 11.6 Å². The first-order chi connectivity index (χ1) is 4.20. The smallest absolute Gasteiger partial charge is 0.173 e. The summed E-state index contributed by atoms with van der Waals surface area (Å²) >= 11 is 8.97. The van der Waals surface area contributed by atoms with E-state index in [-0.39, 0.29) is 0 Å². The van der Waals surface area contributed by atoms with Crippen molar-refractivity contribution in [3.05, 3.63) is 23.0 Å². The summed E-state index contributed by atoms with van der Waals surface area (Å²) < 4.78 is 0. The van der Waals surface area contributed by atoms with Gasteiger partial charge in [-0.05, 0) is 19.6 Å². The fourth-order valence-corrected chi connectivity index (χ4v) is 0.977. The summed E-state index contributed by atoms with van der Waals surface area (Å²) in [4.78, 5) is 4.94. The van der Waals surface area contributed by atoms with E-state index < -0.39 is 0 Å². The molecule has 0 atom stereocenters. The summed E-state index contributed by atoms with van der Waals surface area (Å²) in [6, 6.07) is 1.82. The molecule has 48 valence electrons. The number of halogens is 1. The molecular weight excluding hydrogens is 154 g/mol. The first-order valence-electron chi connectivity index (χ1n) is 2.54. The van der Waals surface area contributed by atoms with Gasteiger partial charge in [0.25, 0.3) is 0 Å². The fourth-order valence-electron chi connectivity index (χ4n) is 0.508. The summed E-state index contributed by atoms with van der Waals surface area (Å²) in [5.41, 5.74) is 0.955.